The first kappa shape index (κ1) is 32.4. The Morgan fingerprint density at radius 2 is 0.621 bits per heavy atom. The van der Waals surface area contributed by atoms with E-state index in [1.807, 2.05) is 0 Å². The van der Waals surface area contributed by atoms with E-state index in [-0.39, 0.29) is 72.8 Å². The zero-order valence-electron chi connectivity index (χ0n) is 15.6. The topological polar surface area (TPSA) is 210 Å². The third-order valence-electron chi connectivity index (χ3n) is 3.23. The summed E-state index contributed by atoms with van der Waals surface area (Å²) in [5.41, 5.74) is 0. The molecule has 0 amide bonds. The van der Waals surface area contributed by atoms with Gasteiger partial charge in [-0.05, 0) is 0 Å². The van der Waals surface area contributed by atoms with Gasteiger partial charge in [0.25, 0.3) is 0 Å². The molecule has 0 rings (SSSR count). The van der Waals surface area contributed by atoms with Crippen molar-refractivity contribution in [2.24, 2.45) is 0 Å². The fraction of sp³-hybridized carbons (Fsp3) is 0.643. The predicted molar refractivity (Wildman–Crippen MR) is 74.4 cm³/mol. The van der Waals surface area contributed by atoms with Gasteiger partial charge in [-0.2, -0.15) is 0 Å². The number of nitrogens with zero attached hydrogens (tertiary/aromatic N) is 3. The molecule has 0 aromatic carbocycles. The fourth-order valence-electron chi connectivity index (χ4n) is 2.18. The van der Waals surface area contributed by atoms with Gasteiger partial charge < -0.3 is 49.5 Å². The van der Waals surface area contributed by atoms with Gasteiger partial charge in [0.15, 0.2) is 0 Å². The van der Waals surface area contributed by atoms with E-state index in [9.17, 15) is 49.5 Å². The number of aliphatic carboxylic acids is 5. The molecule has 0 heterocycles. The second-order valence-electron chi connectivity index (χ2n) is 5.56. The van der Waals surface area contributed by atoms with Crippen molar-refractivity contribution in [1.82, 2.24) is 14.7 Å². The van der Waals surface area contributed by atoms with Crippen LogP contribution in [0.4, 0.5) is 0 Å². The number of carboxylic acids is 5. The maximum Gasteiger partial charge on any atom is 6.00 e. The molecule has 0 aromatic heterocycles. The Labute approximate surface area is 199 Å². The molecule has 0 bridgehead atoms. The summed E-state index contributed by atoms with van der Waals surface area (Å²) >= 11 is 0. The molecule has 0 fully saturated rings. The monoisotopic (exact) mass is 467 g/mol. The van der Waals surface area contributed by atoms with E-state index in [2.05, 4.69) is 0 Å². The molecule has 0 aromatic rings. The standard InChI is InChI=1S/C14H23N3O10.Fe.Na/c18-10(19)5-15(1-3-16(6-11(20)21)7-12(22)23)2-4-17(8-13(24)25)9-14(26)27;;/h1-9H2,(H,18,19)(H,20,21)(H,22,23)(H,24,25)(H,26,27);;/q;+6;+1/p-5. The smallest absolute Gasteiger partial charge is 0.549 e. The first-order valence-corrected chi connectivity index (χ1v) is 7.66. The molecule has 0 saturated heterocycles. The summed E-state index contributed by atoms with van der Waals surface area (Å²) in [7, 11) is 0. The van der Waals surface area contributed by atoms with Crippen LogP contribution in [0.5, 0.6) is 0 Å². The van der Waals surface area contributed by atoms with Gasteiger partial charge in [0, 0.05) is 58.9 Å². The van der Waals surface area contributed by atoms with E-state index in [0.717, 1.165) is 9.80 Å². The summed E-state index contributed by atoms with van der Waals surface area (Å²) in [5, 5.41) is 53.3. The summed E-state index contributed by atoms with van der Waals surface area (Å²) in [5.74, 6) is -7.67. The van der Waals surface area contributed by atoms with Gasteiger partial charge in [0.1, 0.15) is 0 Å². The summed E-state index contributed by atoms with van der Waals surface area (Å²) in [6.07, 6.45) is 0. The molecule has 0 spiro atoms. The van der Waals surface area contributed by atoms with Crippen LogP contribution in [0.15, 0.2) is 0 Å². The Morgan fingerprint density at radius 3 is 0.828 bits per heavy atom. The average Bonchev–Trinajstić information content (AvgIpc) is 2.46. The number of carbonyl (C=O) groups excluding carboxylic acids is 5. The first-order valence-electron chi connectivity index (χ1n) is 7.66. The number of carboxylic acid groups (broad SMARTS) is 5. The van der Waals surface area contributed by atoms with Crippen molar-refractivity contribution in [1.29, 1.82) is 0 Å². The van der Waals surface area contributed by atoms with Crippen LogP contribution < -0.4 is 55.1 Å². The van der Waals surface area contributed by atoms with Gasteiger partial charge >= 0.3 is 46.6 Å². The van der Waals surface area contributed by atoms with Crippen molar-refractivity contribution in [2.45, 2.75) is 0 Å². The minimum atomic E-state index is -1.54. The molecule has 0 aliphatic heterocycles. The Kier molecular flexibility index (Phi) is 19.7. The van der Waals surface area contributed by atoms with E-state index in [0.29, 0.717) is 0 Å². The number of hydrogen-bond donors (Lipinski definition) is 0. The second kappa shape index (κ2) is 17.6. The number of hydrogen-bond acceptors (Lipinski definition) is 13. The maximum atomic E-state index is 10.8. The van der Waals surface area contributed by atoms with Crippen LogP contribution in [0.3, 0.4) is 0 Å². The molecule has 0 radical (unpaired) electrons. The van der Waals surface area contributed by atoms with Crippen molar-refractivity contribution in [3.8, 4) is 0 Å². The Balaban J connectivity index is -0.00000338. The molecule has 15 heteroatoms. The van der Waals surface area contributed by atoms with Crippen molar-refractivity contribution in [3.63, 3.8) is 0 Å². The van der Waals surface area contributed by atoms with Gasteiger partial charge in [0.2, 0.25) is 0 Å². The van der Waals surface area contributed by atoms with Crippen LogP contribution >= 0.6 is 0 Å². The SMILES string of the molecule is O=C([O-])CN(CCN(CC(=O)[O-])CC(=O)[O-])CCN(CC(=O)[O-])CC(=O)[O-].[Fe+6].[Na+]. The van der Waals surface area contributed by atoms with Gasteiger partial charge in [-0.3, -0.25) is 14.7 Å². The molecular formula is C14H18FeN3NaO10+2. The molecule has 0 unspecified atom stereocenters. The van der Waals surface area contributed by atoms with Crippen LogP contribution in [0.2, 0.25) is 0 Å². The van der Waals surface area contributed by atoms with E-state index < -0.39 is 62.6 Å². The zero-order valence-corrected chi connectivity index (χ0v) is 18.7. The van der Waals surface area contributed by atoms with Crippen LogP contribution in [-0.4, -0.2) is 103 Å². The van der Waals surface area contributed by atoms with E-state index in [1.54, 1.807) is 0 Å². The predicted octanol–water partition coefficient (Wildman–Crippen LogP) is -12.4. The number of carbonyl (C=O) groups is 5. The van der Waals surface area contributed by atoms with Gasteiger partial charge in [0.05, 0.1) is 29.8 Å². The summed E-state index contributed by atoms with van der Waals surface area (Å²) in [4.78, 5) is 56.4. The van der Waals surface area contributed by atoms with Crippen LogP contribution in [0, 0.1) is 0 Å². The summed E-state index contributed by atoms with van der Waals surface area (Å²) in [6.45, 7) is -4.16. The molecule has 156 valence electrons. The fourth-order valence-corrected chi connectivity index (χ4v) is 2.18. The third-order valence-corrected chi connectivity index (χ3v) is 3.23. The number of rotatable bonds is 16. The van der Waals surface area contributed by atoms with Crippen molar-refractivity contribution < 1.29 is 96.1 Å². The van der Waals surface area contributed by atoms with Gasteiger partial charge in [-0.1, -0.05) is 0 Å². The van der Waals surface area contributed by atoms with Crippen LogP contribution in [0.25, 0.3) is 0 Å². The zero-order chi connectivity index (χ0) is 21.0. The van der Waals surface area contributed by atoms with E-state index in [4.69, 9.17) is 0 Å². The summed E-state index contributed by atoms with van der Waals surface area (Å²) in [6, 6.07) is 0. The second-order valence-corrected chi connectivity index (χ2v) is 5.56. The Morgan fingerprint density at radius 1 is 0.448 bits per heavy atom. The average molecular weight is 467 g/mol. The van der Waals surface area contributed by atoms with Crippen molar-refractivity contribution in [2.75, 3.05) is 58.9 Å². The molecule has 0 atom stereocenters. The quantitative estimate of drug-likeness (QED) is 0.193. The van der Waals surface area contributed by atoms with Gasteiger partial charge in [-0.25, -0.2) is 0 Å². The van der Waals surface area contributed by atoms with Crippen LogP contribution in [-0.2, 0) is 41.0 Å². The normalized spacial score (nSPS) is 10.3. The van der Waals surface area contributed by atoms with E-state index >= 15 is 0 Å². The van der Waals surface area contributed by atoms with Crippen LogP contribution in [0.1, 0.15) is 0 Å². The molecule has 13 nitrogen and oxygen atoms in total. The molecule has 0 aliphatic carbocycles. The largest absolute Gasteiger partial charge is 6.00 e. The maximum absolute atomic E-state index is 10.8. The van der Waals surface area contributed by atoms with Crippen molar-refractivity contribution in [3.05, 3.63) is 0 Å². The Bertz CT molecular complexity index is 494. The Hall–Kier alpha value is -1.25. The minimum Gasteiger partial charge on any atom is -0.549 e. The van der Waals surface area contributed by atoms with Gasteiger partial charge in [-0.15, -0.1) is 0 Å². The molecule has 29 heavy (non-hydrogen) atoms. The molecule has 0 N–H and O–H groups in total. The summed E-state index contributed by atoms with van der Waals surface area (Å²) < 4.78 is 0. The molecular weight excluding hydrogens is 449 g/mol. The minimum absolute atomic E-state index is 0. The molecule has 0 saturated carbocycles. The third kappa shape index (κ3) is 19.8. The molecule has 0 aliphatic rings. The first-order chi connectivity index (χ1) is 12.5. The van der Waals surface area contributed by atoms with E-state index in [1.165, 1.54) is 4.90 Å². The van der Waals surface area contributed by atoms with Crippen molar-refractivity contribution >= 4 is 29.8 Å².